The number of aromatic amines is 1. The zero-order valence-electron chi connectivity index (χ0n) is 20.8. The van der Waals surface area contributed by atoms with Crippen LogP contribution in [-0.4, -0.2) is 61.2 Å². The molecule has 0 bridgehead atoms. The second-order valence-electron chi connectivity index (χ2n) is 8.93. The van der Waals surface area contributed by atoms with E-state index in [0.717, 1.165) is 48.9 Å². The molecule has 0 spiro atoms. The van der Waals surface area contributed by atoms with Crippen molar-refractivity contribution in [1.82, 2.24) is 9.29 Å². The Bertz CT molecular complexity index is 1410. The monoisotopic (exact) mass is 532 g/mol. The number of nitriles is 1. The highest BCUT2D eigenvalue weighted by atomic mass is 32.2. The normalized spacial score (nSPS) is 15.4. The van der Waals surface area contributed by atoms with Gasteiger partial charge in [-0.1, -0.05) is 24.1 Å². The highest BCUT2D eigenvalue weighted by molar-refractivity contribution is 7.99. The lowest BCUT2D eigenvalue weighted by Crippen LogP contribution is -2.44. The third-order valence-electron chi connectivity index (χ3n) is 6.71. The highest BCUT2D eigenvalue weighted by Gasteiger charge is 2.28. The molecule has 5 rings (SSSR count). The average Bonchev–Trinajstić information content (AvgIpc) is 3.35. The van der Waals surface area contributed by atoms with Crippen molar-refractivity contribution in [3.8, 4) is 6.07 Å². The Morgan fingerprint density at radius 2 is 1.84 bits per heavy atom. The predicted octanol–water partition coefficient (Wildman–Crippen LogP) is 3.99. The van der Waals surface area contributed by atoms with Crippen LogP contribution in [0.2, 0.25) is 0 Å². The first-order valence-electron chi connectivity index (χ1n) is 12.1. The summed E-state index contributed by atoms with van der Waals surface area (Å²) in [6, 6.07) is 19.2. The standard InChI is InChI=1S/C27H28N6O2S2/c1-30(36-2)24-6-4-3-5-22(24)27(35)33-10-9-20-17-21(7-8-23(20)33)37-32-13-11-31(12-14-32)25-15-19(18-28)16-26(34)29-25/h3-8,15-17H,9-14H2,1-2H3,(H,29,34). The molecular formula is C27H28N6O2S2. The minimum atomic E-state index is -0.253. The van der Waals surface area contributed by atoms with Gasteiger partial charge in [0.2, 0.25) is 0 Å². The summed E-state index contributed by atoms with van der Waals surface area (Å²) in [5.74, 6) is 0.728. The Hall–Kier alpha value is -3.39. The van der Waals surface area contributed by atoms with Gasteiger partial charge in [-0.3, -0.25) is 9.59 Å². The zero-order valence-corrected chi connectivity index (χ0v) is 22.4. The van der Waals surface area contributed by atoms with E-state index in [1.807, 2.05) is 52.8 Å². The van der Waals surface area contributed by atoms with Gasteiger partial charge in [0.1, 0.15) is 5.82 Å². The SMILES string of the molecule is CSN(C)c1ccccc1C(=O)N1CCc2cc(SN3CCN(c4cc(C#N)cc(=O)[nH]4)CC3)ccc21. The van der Waals surface area contributed by atoms with Gasteiger partial charge in [0, 0.05) is 62.7 Å². The van der Waals surface area contributed by atoms with Gasteiger partial charge in [-0.15, -0.1) is 0 Å². The van der Waals surface area contributed by atoms with Gasteiger partial charge in [-0.2, -0.15) is 5.26 Å². The molecule has 37 heavy (non-hydrogen) atoms. The molecule has 2 aliphatic rings. The number of hydrogen-bond acceptors (Lipinski definition) is 8. The summed E-state index contributed by atoms with van der Waals surface area (Å²) in [6.45, 7) is 3.85. The van der Waals surface area contributed by atoms with Gasteiger partial charge >= 0.3 is 0 Å². The van der Waals surface area contributed by atoms with E-state index >= 15 is 0 Å². The second kappa shape index (κ2) is 10.9. The van der Waals surface area contributed by atoms with Crippen molar-refractivity contribution in [3.63, 3.8) is 0 Å². The highest BCUT2D eigenvalue weighted by Crippen LogP contribution is 2.36. The van der Waals surface area contributed by atoms with Gasteiger partial charge in [0.15, 0.2) is 0 Å². The van der Waals surface area contributed by atoms with Crippen molar-refractivity contribution >= 4 is 47.0 Å². The Labute approximate surface area is 225 Å². The van der Waals surface area contributed by atoms with E-state index in [9.17, 15) is 9.59 Å². The van der Waals surface area contributed by atoms with Crippen LogP contribution in [0, 0.1) is 11.3 Å². The maximum atomic E-state index is 13.5. The summed E-state index contributed by atoms with van der Waals surface area (Å²) in [6.07, 6.45) is 2.84. The summed E-state index contributed by atoms with van der Waals surface area (Å²) < 4.78 is 4.33. The van der Waals surface area contributed by atoms with E-state index < -0.39 is 0 Å². The number of pyridine rings is 1. The number of fused-ring (bicyclic) bond motifs is 1. The number of hydrogen-bond donors (Lipinski definition) is 1. The number of aromatic nitrogens is 1. The van der Waals surface area contributed by atoms with E-state index in [1.165, 1.54) is 11.6 Å². The number of nitrogens with one attached hydrogen (secondary N) is 1. The van der Waals surface area contributed by atoms with Crippen LogP contribution in [-0.2, 0) is 6.42 Å². The third kappa shape index (κ3) is 5.34. The van der Waals surface area contributed by atoms with Crippen LogP contribution < -0.4 is 19.7 Å². The van der Waals surface area contributed by atoms with Crippen molar-refractivity contribution in [2.75, 3.05) is 60.1 Å². The van der Waals surface area contributed by atoms with E-state index in [-0.39, 0.29) is 11.5 Å². The van der Waals surface area contributed by atoms with Crippen molar-refractivity contribution < 1.29 is 4.79 Å². The Kier molecular flexibility index (Phi) is 7.46. The molecule has 1 saturated heterocycles. The number of anilines is 3. The summed E-state index contributed by atoms with van der Waals surface area (Å²) in [5.41, 5.74) is 3.94. The average molecular weight is 533 g/mol. The molecule has 0 atom stereocenters. The van der Waals surface area contributed by atoms with Gasteiger partial charge in [0.25, 0.3) is 11.5 Å². The second-order valence-corrected chi connectivity index (χ2v) is 11.0. The lowest BCUT2D eigenvalue weighted by Gasteiger charge is -2.34. The number of piperazine rings is 1. The number of benzene rings is 2. The van der Waals surface area contributed by atoms with E-state index in [4.69, 9.17) is 5.26 Å². The van der Waals surface area contributed by atoms with Crippen molar-refractivity contribution in [1.29, 1.82) is 5.26 Å². The molecule has 0 unspecified atom stereocenters. The number of H-pyrrole nitrogens is 1. The molecule has 190 valence electrons. The topological polar surface area (TPSA) is 86.7 Å². The summed E-state index contributed by atoms with van der Waals surface area (Å²) in [4.78, 5) is 33.3. The third-order valence-corrected chi connectivity index (χ3v) is 8.54. The summed E-state index contributed by atoms with van der Waals surface area (Å²) in [5, 5.41) is 9.15. The lowest BCUT2D eigenvalue weighted by molar-refractivity contribution is 0.0990. The lowest BCUT2D eigenvalue weighted by atomic mass is 10.1. The predicted molar refractivity (Wildman–Crippen MR) is 152 cm³/mol. The number of amides is 1. The fourth-order valence-corrected chi connectivity index (χ4v) is 6.08. The molecule has 0 saturated carbocycles. The van der Waals surface area contributed by atoms with E-state index in [2.05, 4.69) is 32.4 Å². The molecule has 0 aliphatic carbocycles. The first-order valence-corrected chi connectivity index (χ1v) is 14.1. The number of rotatable bonds is 6. The number of para-hydroxylation sites is 1. The Morgan fingerprint density at radius 1 is 1.05 bits per heavy atom. The van der Waals surface area contributed by atoms with Crippen LogP contribution in [0.3, 0.4) is 0 Å². The van der Waals surface area contributed by atoms with Crippen LogP contribution in [0.25, 0.3) is 0 Å². The molecule has 2 aromatic carbocycles. The largest absolute Gasteiger partial charge is 0.355 e. The van der Waals surface area contributed by atoms with E-state index in [1.54, 1.807) is 30.0 Å². The van der Waals surface area contributed by atoms with Gasteiger partial charge in [-0.25, -0.2) is 4.31 Å². The fourth-order valence-electron chi connectivity index (χ4n) is 4.75. The first-order chi connectivity index (χ1) is 18.0. The zero-order chi connectivity index (χ0) is 25.9. The molecule has 1 amide bonds. The van der Waals surface area contributed by atoms with E-state index in [0.29, 0.717) is 23.5 Å². The summed E-state index contributed by atoms with van der Waals surface area (Å²) >= 11 is 3.30. The molecule has 3 heterocycles. The maximum absolute atomic E-state index is 13.5. The van der Waals surface area contributed by atoms with Gasteiger partial charge in [-0.05, 0) is 60.3 Å². The number of carbonyl (C=O) groups excluding carboxylic acids is 1. The molecule has 3 aromatic rings. The van der Waals surface area contributed by atoms with Gasteiger partial charge < -0.3 is 19.1 Å². The first kappa shape index (κ1) is 25.3. The Morgan fingerprint density at radius 3 is 2.59 bits per heavy atom. The van der Waals surface area contributed by atoms with Gasteiger partial charge in [0.05, 0.1) is 22.9 Å². The minimum Gasteiger partial charge on any atom is -0.355 e. The smallest absolute Gasteiger partial charge is 0.260 e. The van der Waals surface area contributed by atoms with Crippen LogP contribution in [0.1, 0.15) is 21.5 Å². The molecule has 8 nitrogen and oxygen atoms in total. The number of carbonyl (C=O) groups is 1. The van der Waals surface area contributed by atoms with Crippen LogP contribution >= 0.6 is 23.9 Å². The number of nitrogens with zero attached hydrogens (tertiary/aromatic N) is 5. The van der Waals surface area contributed by atoms with Crippen molar-refractivity contribution in [3.05, 3.63) is 81.6 Å². The minimum absolute atomic E-state index is 0.0327. The summed E-state index contributed by atoms with van der Waals surface area (Å²) in [7, 11) is 1.97. The fraction of sp³-hybridized carbons (Fsp3) is 0.296. The molecule has 1 fully saturated rings. The maximum Gasteiger partial charge on any atom is 0.260 e. The van der Waals surface area contributed by atoms with Crippen LogP contribution in [0.15, 0.2) is 64.3 Å². The van der Waals surface area contributed by atoms with Crippen LogP contribution in [0.4, 0.5) is 17.2 Å². The molecule has 1 N–H and O–H groups in total. The molecule has 0 radical (unpaired) electrons. The van der Waals surface area contributed by atoms with Crippen molar-refractivity contribution in [2.45, 2.75) is 11.3 Å². The molecular weight excluding hydrogens is 504 g/mol. The quantitative estimate of drug-likeness (QED) is 0.477. The molecule has 1 aromatic heterocycles. The molecule has 2 aliphatic heterocycles. The van der Waals surface area contributed by atoms with Crippen LogP contribution in [0.5, 0.6) is 0 Å². The van der Waals surface area contributed by atoms with Crippen molar-refractivity contribution in [2.24, 2.45) is 0 Å². The molecule has 10 heteroatoms. The Balaban J connectivity index is 1.24.